The average Bonchev–Trinajstić information content (AvgIpc) is 2.39. The molecule has 114 valence electrons. The molecule has 1 aromatic carbocycles. The van der Waals surface area contributed by atoms with E-state index in [0.29, 0.717) is 13.1 Å². The number of hydrogen-bond donors (Lipinski definition) is 1. The molecule has 0 amide bonds. The van der Waals surface area contributed by atoms with Crippen LogP contribution in [0.5, 0.6) is 0 Å². The average molecular weight is 284 g/mol. The van der Waals surface area contributed by atoms with E-state index in [-0.39, 0.29) is 11.0 Å². The fourth-order valence-electron chi connectivity index (χ4n) is 2.29. The Kier molecular flexibility index (Phi) is 6.56. The van der Waals surface area contributed by atoms with Crippen LogP contribution in [0, 0.1) is 5.41 Å². The highest BCUT2D eigenvalue weighted by atomic mass is 19.3. The first-order valence-corrected chi connectivity index (χ1v) is 7.17. The summed E-state index contributed by atoms with van der Waals surface area (Å²) in [5.74, 6) is 0. The van der Waals surface area contributed by atoms with Crippen molar-refractivity contribution in [3.63, 3.8) is 0 Å². The van der Waals surface area contributed by atoms with E-state index >= 15 is 0 Å². The van der Waals surface area contributed by atoms with Crippen LogP contribution in [0.15, 0.2) is 24.3 Å². The maximum Gasteiger partial charge on any atom is 0.263 e. The van der Waals surface area contributed by atoms with Crippen molar-refractivity contribution in [3.05, 3.63) is 35.4 Å². The first-order valence-electron chi connectivity index (χ1n) is 7.17. The summed E-state index contributed by atoms with van der Waals surface area (Å²) in [5, 5.41) is 0. The molecule has 20 heavy (non-hydrogen) atoms. The van der Waals surface area contributed by atoms with E-state index in [4.69, 9.17) is 5.73 Å². The lowest BCUT2D eigenvalue weighted by atomic mass is 9.92. The van der Waals surface area contributed by atoms with Gasteiger partial charge in [-0.2, -0.15) is 0 Å². The number of rotatable bonds is 8. The highest BCUT2D eigenvalue weighted by Gasteiger charge is 2.20. The summed E-state index contributed by atoms with van der Waals surface area (Å²) < 4.78 is 25.5. The summed E-state index contributed by atoms with van der Waals surface area (Å²) in [6, 6.07) is 6.68. The zero-order valence-corrected chi connectivity index (χ0v) is 12.7. The minimum Gasteiger partial charge on any atom is -0.330 e. The zero-order valence-electron chi connectivity index (χ0n) is 12.7. The van der Waals surface area contributed by atoms with Crippen LogP contribution in [0.2, 0.25) is 0 Å². The van der Waals surface area contributed by atoms with Crippen LogP contribution in [0.3, 0.4) is 0 Å². The van der Waals surface area contributed by atoms with Crippen LogP contribution in [-0.2, 0) is 6.54 Å². The zero-order chi connectivity index (χ0) is 15.2. The molecule has 0 heterocycles. The summed E-state index contributed by atoms with van der Waals surface area (Å²) in [4.78, 5) is 2.29. The van der Waals surface area contributed by atoms with Crippen molar-refractivity contribution in [2.45, 2.75) is 40.2 Å². The van der Waals surface area contributed by atoms with Crippen LogP contribution < -0.4 is 5.73 Å². The predicted octanol–water partition coefficient (Wildman–Crippen LogP) is 3.82. The lowest BCUT2D eigenvalue weighted by Gasteiger charge is -2.31. The smallest absolute Gasteiger partial charge is 0.263 e. The van der Waals surface area contributed by atoms with Crippen molar-refractivity contribution < 1.29 is 8.78 Å². The van der Waals surface area contributed by atoms with E-state index in [1.165, 1.54) is 6.07 Å². The third-order valence-corrected chi connectivity index (χ3v) is 3.35. The largest absolute Gasteiger partial charge is 0.330 e. The number of nitrogens with two attached hydrogens (primary N) is 1. The maximum absolute atomic E-state index is 12.7. The van der Waals surface area contributed by atoms with Crippen LogP contribution in [-0.4, -0.2) is 24.5 Å². The first-order chi connectivity index (χ1) is 9.38. The molecule has 1 aromatic rings. The summed E-state index contributed by atoms with van der Waals surface area (Å²) in [6.45, 7) is 9.51. The van der Waals surface area contributed by atoms with Gasteiger partial charge in [-0.1, -0.05) is 39.0 Å². The van der Waals surface area contributed by atoms with E-state index in [9.17, 15) is 8.78 Å². The fourth-order valence-corrected chi connectivity index (χ4v) is 2.29. The van der Waals surface area contributed by atoms with Gasteiger partial charge in [0, 0.05) is 18.7 Å². The molecule has 0 aliphatic heterocycles. The van der Waals surface area contributed by atoms with Crippen LogP contribution in [0.4, 0.5) is 8.78 Å². The molecule has 0 spiro atoms. The summed E-state index contributed by atoms with van der Waals surface area (Å²) in [5.41, 5.74) is 6.85. The van der Waals surface area contributed by atoms with Gasteiger partial charge in [-0.25, -0.2) is 8.78 Å². The fraction of sp³-hybridized carbons (Fsp3) is 0.625. The minimum absolute atomic E-state index is 0.0372. The number of hydrogen-bond acceptors (Lipinski definition) is 2. The Bertz CT molecular complexity index is 405. The molecule has 0 aromatic heterocycles. The third kappa shape index (κ3) is 5.55. The van der Waals surface area contributed by atoms with Crippen molar-refractivity contribution >= 4 is 0 Å². The number of nitrogens with zero attached hydrogens (tertiary/aromatic N) is 1. The van der Waals surface area contributed by atoms with E-state index in [1.807, 2.05) is 6.07 Å². The van der Waals surface area contributed by atoms with Gasteiger partial charge in [0.05, 0.1) is 0 Å². The van der Waals surface area contributed by atoms with Crippen LogP contribution >= 0.6 is 0 Å². The first kappa shape index (κ1) is 17.1. The molecule has 4 heteroatoms. The molecule has 0 aliphatic carbocycles. The molecule has 2 N–H and O–H groups in total. The molecule has 0 saturated heterocycles. The van der Waals surface area contributed by atoms with Crippen LogP contribution in [0.1, 0.15) is 44.7 Å². The molecule has 0 bridgehead atoms. The van der Waals surface area contributed by atoms with Gasteiger partial charge in [-0.15, -0.1) is 0 Å². The molecule has 0 unspecified atom stereocenters. The minimum atomic E-state index is -2.41. The molecular weight excluding hydrogens is 258 g/mol. The van der Waals surface area contributed by atoms with E-state index in [2.05, 4.69) is 25.7 Å². The molecule has 0 atom stereocenters. The molecule has 1 rings (SSSR count). The second-order valence-electron chi connectivity index (χ2n) is 6.12. The van der Waals surface area contributed by atoms with Crippen molar-refractivity contribution in [3.8, 4) is 0 Å². The van der Waals surface area contributed by atoms with Gasteiger partial charge in [-0.05, 0) is 36.6 Å². The lowest BCUT2D eigenvalue weighted by Crippen LogP contribution is -2.38. The predicted molar refractivity (Wildman–Crippen MR) is 79.8 cm³/mol. The van der Waals surface area contributed by atoms with E-state index in [0.717, 1.165) is 25.1 Å². The highest BCUT2D eigenvalue weighted by Crippen LogP contribution is 2.21. The topological polar surface area (TPSA) is 29.3 Å². The molecule has 0 saturated carbocycles. The van der Waals surface area contributed by atoms with Gasteiger partial charge in [0.1, 0.15) is 0 Å². The van der Waals surface area contributed by atoms with E-state index in [1.54, 1.807) is 12.1 Å². The van der Waals surface area contributed by atoms with Crippen molar-refractivity contribution in [2.75, 3.05) is 19.6 Å². The highest BCUT2D eigenvalue weighted by molar-refractivity contribution is 5.24. The monoisotopic (exact) mass is 284 g/mol. The maximum atomic E-state index is 12.7. The Morgan fingerprint density at radius 1 is 1.30 bits per heavy atom. The van der Waals surface area contributed by atoms with Crippen molar-refractivity contribution in [2.24, 2.45) is 11.1 Å². The Morgan fingerprint density at radius 3 is 2.55 bits per heavy atom. The van der Waals surface area contributed by atoms with E-state index < -0.39 is 6.43 Å². The Morgan fingerprint density at radius 2 is 2.00 bits per heavy atom. The van der Waals surface area contributed by atoms with Gasteiger partial charge in [0.15, 0.2) is 0 Å². The van der Waals surface area contributed by atoms with Crippen molar-refractivity contribution in [1.29, 1.82) is 0 Å². The standard InChI is InChI=1S/C16H26F2N2/c1-4-8-20(12-16(2,3)11-19)10-13-6-5-7-14(9-13)15(17)18/h5-7,9,15H,4,8,10-12,19H2,1-3H3. The molecule has 0 radical (unpaired) electrons. The van der Waals surface area contributed by atoms with Gasteiger partial charge < -0.3 is 5.73 Å². The summed E-state index contributed by atoms with van der Waals surface area (Å²) in [6.07, 6.45) is -1.37. The van der Waals surface area contributed by atoms with Gasteiger partial charge in [0.2, 0.25) is 0 Å². The second-order valence-corrected chi connectivity index (χ2v) is 6.12. The quantitative estimate of drug-likeness (QED) is 0.786. The number of alkyl halides is 2. The normalized spacial score (nSPS) is 12.4. The van der Waals surface area contributed by atoms with Gasteiger partial charge >= 0.3 is 0 Å². The Labute approximate surface area is 121 Å². The van der Waals surface area contributed by atoms with Crippen LogP contribution in [0.25, 0.3) is 0 Å². The molecule has 0 fully saturated rings. The number of halogens is 2. The van der Waals surface area contributed by atoms with Gasteiger partial charge in [0.25, 0.3) is 6.43 Å². The van der Waals surface area contributed by atoms with Gasteiger partial charge in [-0.3, -0.25) is 4.90 Å². The molecule has 0 aliphatic rings. The molecular formula is C16H26F2N2. The lowest BCUT2D eigenvalue weighted by molar-refractivity contribution is 0.150. The third-order valence-electron chi connectivity index (χ3n) is 3.35. The molecule has 2 nitrogen and oxygen atoms in total. The summed E-state index contributed by atoms with van der Waals surface area (Å²) >= 11 is 0. The SMILES string of the molecule is CCCN(Cc1cccc(C(F)F)c1)CC(C)(C)CN. The summed E-state index contributed by atoms with van der Waals surface area (Å²) in [7, 11) is 0. The Hall–Kier alpha value is -1.00. The number of benzene rings is 1. The van der Waals surface area contributed by atoms with Crippen molar-refractivity contribution in [1.82, 2.24) is 4.90 Å². The second kappa shape index (κ2) is 7.70. The Balaban J connectivity index is 2.77.